The molecule has 124 valence electrons. The van der Waals surface area contributed by atoms with Crippen LogP contribution in [-0.2, 0) is 17.8 Å². The first-order chi connectivity index (χ1) is 11.6. The molecular weight excluding hydrogens is 367 g/mol. The van der Waals surface area contributed by atoms with E-state index in [1.165, 1.54) is 11.8 Å². The second-order valence-corrected chi connectivity index (χ2v) is 6.84. The van der Waals surface area contributed by atoms with Gasteiger partial charge in [-0.1, -0.05) is 65.3 Å². The van der Waals surface area contributed by atoms with Gasteiger partial charge in [0.1, 0.15) is 12.4 Å². The van der Waals surface area contributed by atoms with Crippen LogP contribution in [-0.4, -0.2) is 17.0 Å². The molecule has 0 saturated heterocycles. The Bertz CT molecular complexity index is 769. The summed E-state index contributed by atoms with van der Waals surface area (Å²) in [5, 5.41) is 3.65. The third-order valence-corrected chi connectivity index (χ3v) is 4.78. The number of rotatable bonds is 6. The molecule has 4 nitrogen and oxygen atoms in total. The minimum Gasteiger partial charge on any atom is -0.487 e. The summed E-state index contributed by atoms with van der Waals surface area (Å²) >= 11 is 14.0. The van der Waals surface area contributed by atoms with Crippen LogP contribution in [0.15, 0.2) is 47.5 Å². The zero-order valence-electron chi connectivity index (χ0n) is 12.5. The molecule has 0 radical (unpaired) electrons. The normalized spacial score (nSPS) is 15.7. The van der Waals surface area contributed by atoms with Crippen molar-refractivity contribution in [1.82, 2.24) is 5.32 Å². The lowest BCUT2D eigenvalue weighted by atomic mass is 10.1. The fourth-order valence-electron chi connectivity index (χ4n) is 2.17. The molecule has 1 aliphatic rings. The van der Waals surface area contributed by atoms with E-state index >= 15 is 0 Å². The number of halogens is 2. The van der Waals surface area contributed by atoms with Gasteiger partial charge in [0.25, 0.3) is 0 Å². The summed E-state index contributed by atoms with van der Waals surface area (Å²) in [6.07, 6.45) is 0.0795. The Hall–Kier alpha value is -1.69. The van der Waals surface area contributed by atoms with Crippen molar-refractivity contribution in [3.63, 3.8) is 0 Å². The maximum Gasteiger partial charge on any atom is 0.226 e. The lowest BCUT2D eigenvalue weighted by Crippen LogP contribution is -2.35. The summed E-state index contributed by atoms with van der Waals surface area (Å²) in [5.41, 5.74) is 3.05. The van der Waals surface area contributed by atoms with Crippen molar-refractivity contribution in [2.45, 2.75) is 18.5 Å². The molecule has 0 bridgehead atoms. The fourth-order valence-corrected chi connectivity index (χ4v) is 3.06. The molecule has 1 aliphatic heterocycles. The lowest BCUT2D eigenvalue weighted by molar-refractivity contribution is -0.120. The molecule has 1 N–H and O–H groups in total. The Labute approximate surface area is 154 Å². The van der Waals surface area contributed by atoms with Gasteiger partial charge in [-0.25, -0.2) is 0 Å². The molecule has 1 heterocycles. The quantitative estimate of drug-likeness (QED) is 0.812. The second-order valence-electron chi connectivity index (χ2n) is 5.10. The van der Waals surface area contributed by atoms with Gasteiger partial charge in [0, 0.05) is 10.6 Å². The highest BCUT2D eigenvalue weighted by Crippen LogP contribution is 2.35. The molecule has 1 amide bonds. The van der Waals surface area contributed by atoms with Gasteiger partial charge >= 0.3 is 0 Å². The first kappa shape index (κ1) is 17.1. The van der Waals surface area contributed by atoms with E-state index in [0.717, 1.165) is 5.56 Å². The lowest BCUT2D eigenvalue weighted by Gasteiger charge is -2.19. The van der Waals surface area contributed by atoms with E-state index in [-0.39, 0.29) is 17.8 Å². The Balaban J connectivity index is 1.75. The monoisotopic (exact) mass is 380 g/mol. The number of nitrogens with zero attached hydrogens (tertiary/aromatic N) is 1. The number of aliphatic imine (C=N–C) groups is 1. The molecule has 0 saturated carbocycles. The van der Waals surface area contributed by atoms with Crippen molar-refractivity contribution in [1.29, 1.82) is 0 Å². The molecule has 2 aromatic carbocycles. The highest BCUT2D eigenvalue weighted by molar-refractivity contribution is 8.14. The minimum absolute atomic E-state index is 0.0795. The van der Waals surface area contributed by atoms with Crippen molar-refractivity contribution in [2.24, 2.45) is 4.99 Å². The van der Waals surface area contributed by atoms with E-state index < -0.39 is 0 Å². The number of thioether (sulfide) groups is 1. The number of ether oxygens (including phenoxy) is 1. The molecule has 1 unspecified atom stereocenters. The highest BCUT2D eigenvalue weighted by Gasteiger charge is 2.20. The third-order valence-electron chi connectivity index (χ3n) is 3.39. The summed E-state index contributed by atoms with van der Waals surface area (Å²) < 4.78 is 5.85. The maximum absolute atomic E-state index is 12.2. The minimum atomic E-state index is -0.218. The maximum atomic E-state index is 12.2. The average Bonchev–Trinajstić information content (AvgIpc) is 2.55. The van der Waals surface area contributed by atoms with Crippen LogP contribution in [0.5, 0.6) is 5.75 Å². The standard InChI is InChI=1S/C17H14Cl2N2O2S/c18-13-6-7-14(19)16(23-9-11-4-2-1-3-5-11)12(13)8-15(22)21-17-20-10-24-17/h1-7,10,17H,8-9H2,(H,21,22). The molecule has 24 heavy (non-hydrogen) atoms. The van der Waals surface area contributed by atoms with Gasteiger partial charge in [0.2, 0.25) is 5.91 Å². The van der Waals surface area contributed by atoms with Crippen LogP contribution < -0.4 is 10.1 Å². The first-order valence-corrected chi connectivity index (χ1v) is 8.93. The van der Waals surface area contributed by atoms with Crippen LogP contribution in [0.2, 0.25) is 10.0 Å². The van der Waals surface area contributed by atoms with Crippen molar-refractivity contribution < 1.29 is 9.53 Å². The van der Waals surface area contributed by atoms with Gasteiger partial charge in [-0.05, 0) is 17.7 Å². The molecule has 3 rings (SSSR count). The molecule has 0 aromatic heterocycles. The zero-order valence-corrected chi connectivity index (χ0v) is 14.9. The molecular formula is C17H14Cl2N2O2S. The van der Waals surface area contributed by atoms with Gasteiger partial charge in [-0.15, -0.1) is 0 Å². The van der Waals surface area contributed by atoms with E-state index in [1.807, 2.05) is 30.3 Å². The summed E-state index contributed by atoms with van der Waals surface area (Å²) in [4.78, 5) is 16.2. The number of hydrogen-bond acceptors (Lipinski definition) is 4. The smallest absolute Gasteiger partial charge is 0.226 e. The van der Waals surface area contributed by atoms with E-state index in [2.05, 4.69) is 10.3 Å². The molecule has 7 heteroatoms. The van der Waals surface area contributed by atoms with Gasteiger partial charge in [-0.2, -0.15) is 0 Å². The number of hydrogen-bond donors (Lipinski definition) is 1. The van der Waals surface area contributed by atoms with Gasteiger partial charge < -0.3 is 10.1 Å². The first-order valence-electron chi connectivity index (χ1n) is 7.23. The van der Waals surface area contributed by atoms with Crippen LogP contribution in [0, 0.1) is 0 Å². The van der Waals surface area contributed by atoms with E-state index in [4.69, 9.17) is 27.9 Å². The Morgan fingerprint density at radius 2 is 1.88 bits per heavy atom. The number of benzene rings is 2. The molecule has 0 fully saturated rings. The Morgan fingerprint density at radius 1 is 1.17 bits per heavy atom. The highest BCUT2D eigenvalue weighted by atomic mass is 35.5. The fraction of sp³-hybridized carbons (Fsp3) is 0.176. The van der Waals surface area contributed by atoms with Crippen molar-refractivity contribution in [2.75, 3.05) is 0 Å². The predicted molar refractivity (Wildman–Crippen MR) is 99.0 cm³/mol. The van der Waals surface area contributed by atoms with Gasteiger partial charge in [0.15, 0.2) is 5.50 Å². The summed E-state index contributed by atoms with van der Waals surface area (Å²) in [7, 11) is 0. The van der Waals surface area contributed by atoms with Crippen molar-refractivity contribution in [3.8, 4) is 5.75 Å². The average molecular weight is 381 g/mol. The van der Waals surface area contributed by atoms with E-state index in [0.29, 0.717) is 28.0 Å². The topological polar surface area (TPSA) is 50.7 Å². The largest absolute Gasteiger partial charge is 0.487 e. The van der Waals surface area contributed by atoms with Gasteiger partial charge in [0.05, 0.1) is 17.0 Å². The van der Waals surface area contributed by atoms with Crippen molar-refractivity contribution >= 4 is 46.4 Å². The molecule has 0 spiro atoms. The number of amides is 1. The van der Waals surface area contributed by atoms with E-state index in [1.54, 1.807) is 17.7 Å². The SMILES string of the molecule is O=C(Cc1c(Cl)ccc(Cl)c1OCc1ccccc1)NC1N=CS1. The van der Waals surface area contributed by atoms with Crippen LogP contribution in [0.3, 0.4) is 0 Å². The Kier molecular flexibility index (Phi) is 5.66. The van der Waals surface area contributed by atoms with Crippen molar-refractivity contribution in [3.05, 3.63) is 63.6 Å². The molecule has 2 aromatic rings. The zero-order chi connectivity index (χ0) is 16.9. The number of nitrogens with one attached hydrogen (secondary N) is 1. The Morgan fingerprint density at radius 3 is 2.54 bits per heavy atom. The van der Waals surface area contributed by atoms with Gasteiger partial charge in [-0.3, -0.25) is 9.79 Å². The van der Waals surface area contributed by atoms with Crippen LogP contribution >= 0.6 is 35.0 Å². The van der Waals surface area contributed by atoms with Crippen LogP contribution in [0.4, 0.5) is 0 Å². The van der Waals surface area contributed by atoms with Crippen LogP contribution in [0.25, 0.3) is 0 Å². The number of carbonyl (C=O) groups is 1. The number of carbonyl (C=O) groups excluding carboxylic acids is 1. The summed E-state index contributed by atoms with van der Waals surface area (Å²) in [6.45, 7) is 0.346. The predicted octanol–water partition coefficient (Wildman–Crippen LogP) is 4.29. The summed E-state index contributed by atoms with van der Waals surface area (Å²) in [6, 6.07) is 13.0. The molecule has 0 aliphatic carbocycles. The second kappa shape index (κ2) is 7.92. The summed E-state index contributed by atoms with van der Waals surface area (Å²) in [5.74, 6) is 0.256. The van der Waals surface area contributed by atoms with Crippen LogP contribution in [0.1, 0.15) is 11.1 Å². The molecule has 1 atom stereocenters. The third kappa shape index (κ3) is 4.23. The van der Waals surface area contributed by atoms with E-state index in [9.17, 15) is 4.79 Å².